The summed E-state index contributed by atoms with van der Waals surface area (Å²) >= 11 is 1.66. The van der Waals surface area contributed by atoms with Gasteiger partial charge in [-0.15, -0.1) is 0 Å². The first-order valence-electron chi connectivity index (χ1n) is 7.26. The van der Waals surface area contributed by atoms with Crippen molar-refractivity contribution in [3.63, 3.8) is 0 Å². The Balaban J connectivity index is 1.66. The van der Waals surface area contributed by atoms with Crippen molar-refractivity contribution in [1.29, 1.82) is 0 Å². The number of nitrogens with zero attached hydrogens (tertiary/aromatic N) is 2. The first-order chi connectivity index (χ1) is 11.7. The molecule has 2 aromatic carbocycles. The Bertz CT molecular complexity index is 976. The van der Waals surface area contributed by atoms with E-state index in [0.717, 1.165) is 11.1 Å². The maximum absolute atomic E-state index is 9.93. The predicted molar refractivity (Wildman–Crippen MR) is 94.6 cm³/mol. The maximum atomic E-state index is 9.93. The molecule has 0 saturated heterocycles. The molecule has 0 bridgehead atoms. The monoisotopic (exact) mass is 335 g/mol. The van der Waals surface area contributed by atoms with E-state index in [0.29, 0.717) is 17.1 Å². The lowest BCUT2D eigenvalue weighted by atomic mass is 10.1. The molecule has 0 spiro atoms. The number of thiophene rings is 1. The van der Waals surface area contributed by atoms with Crippen LogP contribution in [0, 0.1) is 0 Å². The van der Waals surface area contributed by atoms with E-state index < -0.39 is 0 Å². The van der Waals surface area contributed by atoms with Crippen molar-refractivity contribution in [3.05, 3.63) is 59.3 Å². The highest BCUT2D eigenvalue weighted by Crippen LogP contribution is 2.31. The number of hydrogen-bond acceptors (Lipinski definition) is 6. The first kappa shape index (κ1) is 14.5. The van der Waals surface area contributed by atoms with Crippen LogP contribution in [0.25, 0.3) is 34.0 Å². The highest BCUT2D eigenvalue weighted by Gasteiger charge is 2.14. The van der Waals surface area contributed by atoms with E-state index in [2.05, 4.69) is 21.6 Å². The average molecular weight is 335 g/mol. The van der Waals surface area contributed by atoms with Gasteiger partial charge in [0.1, 0.15) is 5.75 Å². The molecule has 24 heavy (non-hydrogen) atoms. The minimum absolute atomic E-state index is 0.0483. The van der Waals surface area contributed by atoms with E-state index in [1.54, 1.807) is 23.5 Å². The zero-order valence-corrected chi connectivity index (χ0v) is 13.3. The zero-order chi connectivity index (χ0) is 16.5. The molecule has 0 fully saturated rings. The van der Waals surface area contributed by atoms with Crippen LogP contribution >= 0.6 is 11.3 Å². The summed E-state index contributed by atoms with van der Waals surface area (Å²) in [6.45, 7) is 0. The third kappa shape index (κ3) is 2.63. The van der Waals surface area contributed by atoms with E-state index in [1.807, 2.05) is 29.6 Å². The summed E-state index contributed by atoms with van der Waals surface area (Å²) in [5.41, 5.74) is 9.84. The Morgan fingerprint density at radius 2 is 1.75 bits per heavy atom. The molecule has 4 rings (SSSR count). The van der Waals surface area contributed by atoms with E-state index >= 15 is 0 Å². The molecule has 0 aliphatic carbocycles. The van der Waals surface area contributed by atoms with Crippen molar-refractivity contribution in [2.45, 2.75) is 0 Å². The lowest BCUT2D eigenvalue weighted by Gasteiger charge is -2.00. The van der Waals surface area contributed by atoms with Crippen molar-refractivity contribution in [3.8, 4) is 39.7 Å². The predicted octanol–water partition coefficient (Wildman–Crippen LogP) is 4.42. The maximum Gasteiger partial charge on any atom is 0.262 e. The van der Waals surface area contributed by atoms with Crippen molar-refractivity contribution in [2.75, 3.05) is 5.73 Å². The smallest absolute Gasteiger partial charge is 0.262 e. The minimum atomic E-state index is 0.0483. The van der Waals surface area contributed by atoms with Gasteiger partial charge in [-0.3, -0.25) is 0 Å². The Labute approximate surface area is 142 Å². The third-order valence-corrected chi connectivity index (χ3v) is 4.36. The van der Waals surface area contributed by atoms with E-state index in [-0.39, 0.29) is 11.6 Å². The summed E-state index contributed by atoms with van der Waals surface area (Å²) in [5.74, 6) is 0.743. The van der Waals surface area contributed by atoms with Crippen molar-refractivity contribution < 1.29 is 9.63 Å². The number of nitrogens with two attached hydrogens (primary N) is 1. The molecule has 0 aliphatic rings. The van der Waals surface area contributed by atoms with Gasteiger partial charge in [-0.1, -0.05) is 29.4 Å². The zero-order valence-electron chi connectivity index (χ0n) is 12.5. The van der Waals surface area contributed by atoms with Crippen LogP contribution in [0.4, 0.5) is 5.69 Å². The lowest BCUT2D eigenvalue weighted by molar-refractivity contribution is 0.426. The quantitative estimate of drug-likeness (QED) is 0.427. The summed E-state index contributed by atoms with van der Waals surface area (Å²) < 4.78 is 5.27. The number of hydrogen-bond donors (Lipinski definition) is 2. The molecule has 2 aromatic heterocycles. The van der Waals surface area contributed by atoms with E-state index in [9.17, 15) is 5.11 Å². The number of aromatic nitrogens is 2. The lowest BCUT2D eigenvalue weighted by Crippen LogP contribution is -1.86. The molecule has 0 radical (unpaired) electrons. The van der Waals surface area contributed by atoms with Gasteiger partial charge in [-0.05, 0) is 46.2 Å². The molecule has 6 heteroatoms. The molecule has 2 heterocycles. The fourth-order valence-electron chi connectivity index (χ4n) is 2.42. The van der Waals surface area contributed by atoms with Crippen LogP contribution in [0.3, 0.4) is 0 Å². The van der Waals surface area contributed by atoms with Crippen molar-refractivity contribution in [1.82, 2.24) is 10.1 Å². The minimum Gasteiger partial charge on any atom is -0.507 e. The number of benzene rings is 2. The molecular weight excluding hydrogens is 322 g/mol. The summed E-state index contributed by atoms with van der Waals surface area (Å²) in [6, 6.07) is 14.7. The Kier molecular flexibility index (Phi) is 3.51. The van der Waals surface area contributed by atoms with Gasteiger partial charge >= 0.3 is 0 Å². The third-order valence-electron chi connectivity index (χ3n) is 3.67. The highest BCUT2D eigenvalue weighted by atomic mass is 32.1. The van der Waals surface area contributed by atoms with Crippen LogP contribution < -0.4 is 5.73 Å². The first-order valence-corrected chi connectivity index (χ1v) is 8.20. The molecule has 0 saturated carbocycles. The topological polar surface area (TPSA) is 85.2 Å². The largest absolute Gasteiger partial charge is 0.507 e. The number of phenols is 1. The van der Waals surface area contributed by atoms with Crippen LogP contribution in [0.2, 0.25) is 0 Å². The van der Waals surface area contributed by atoms with E-state index in [1.165, 1.54) is 11.6 Å². The second-order valence-corrected chi connectivity index (χ2v) is 6.07. The Hall–Kier alpha value is -3.12. The molecule has 0 aliphatic heterocycles. The van der Waals surface area contributed by atoms with Gasteiger partial charge in [0.15, 0.2) is 0 Å². The molecule has 0 atom stereocenters. The molecular formula is C18H13N3O2S. The van der Waals surface area contributed by atoms with Crippen LogP contribution in [-0.4, -0.2) is 15.2 Å². The van der Waals surface area contributed by atoms with Gasteiger partial charge in [0.2, 0.25) is 5.82 Å². The molecule has 4 aromatic rings. The van der Waals surface area contributed by atoms with Crippen LogP contribution in [-0.2, 0) is 0 Å². The Morgan fingerprint density at radius 1 is 0.958 bits per heavy atom. The number of rotatable bonds is 3. The molecule has 0 unspecified atom stereocenters. The average Bonchev–Trinajstić information content (AvgIpc) is 3.29. The number of phenolic OH excluding ortho intramolecular Hbond substituents is 1. The summed E-state index contributed by atoms with van der Waals surface area (Å²) in [5, 5.41) is 18.1. The fourth-order valence-corrected chi connectivity index (χ4v) is 3.08. The van der Waals surface area contributed by atoms with Gasteiger partial charge < -0.3 is 15.4 Å². The van der Waals surface area contributed by atoms with Crippen LogP contribution in [0.15, 0.2) is 63.8 Å². The molecule has 118 valence electrons. The number of aromatic hydroxyl groups is 1. The van der Waals surface area contributed by atoms with E-state index in [4.69, 9.17) is 10.3 Å². The highest BCUT2D eigenvalue weighted by molar-refractivity contribution is 7.08. The number of anilines is 1. The summed E-state index contributed by atoms with van der Waals surface area (Å²) in [6.07, 6.45) is 0. The standard InChI is InChI=1S/C18H13N3O2S/c19-14-5-6-16(22)15(9-14)18-20-17(21-23-18)12-3-1-11(2-4-12)13-7-8-24-10-13/h1-10,22H,19H2. The van der Waals surface area contributed by atoms with Crippen molar-refractivity contribution >= 4 is 17.0 Å². The molecule has 5 nitrogen and oxygen atoms in total. The van der Waals surface area contributed by atoms with Gasteiger partial charge in [0.25, 0.3) is 5.89 Å². The van der Waals surface area contributed by atoms with Gasteiger partial charge in [0.05, 0.1) is 5.56 Å². The molecule has 0 amide bonds. The number of nitrogen functional groups attached to an aromatic ring is 1. The van der Waals surface area contributed by atoms with Crippen LogP contribution in [0.5, 0.6) is 5.75 Å². The van der Waals surface area contributed by atoms with Crippen LogP contribution in [0.1, 0.15) is 0 Å². The summed E-state index contributed by atoms with van der Waals surface area (Å²) in [4.78, 5) is 4.35. The van der Waals surface area contributed by atoms with Gasteiger partial charge in [-0.2, -0.15) is 16.3 Å². The molecule has 3 N–H and O–H groups in total. The second-order valence-electron chi connectivity index (χ2n) is 5.29. The Morgan fingerprint density at radius 3 is 2.50 bits per heavy atom. The van der Waals surface area contributed by atoms with Crippen molar-refractivity contribution in [2.24, 2.45) is 0 Å². The normalized spacial score (nSPS) is 10.8. The second kappa shape index (κ2) is 5.82. The van der Waals surface area contributed by atoms with Gasteiger partial charge in [-0.25, -0.2) is 0 Å². The van der Waals surface area contributed by atoms with Gasteiger partial charge in [0, 0.05) is 11.3 Å². The summed E-state index contributed by atoms with van der Waals surface area (Å²) in [7, 11) is 0. The fraction of sp³-hybridized carbons (Fsp3) is 0. The SMILES string of the molecule is Nc1ccc(O)c(-c2nc(-c3ccc(-c4ccsc4)cc3)no2)c1.